The van der Waals surface area contributed by atoms with Crippen molar-refractivity contribution in [1.29, 1.82) is 0 Å². The Hall–Kier alpha value is -3.74. The number of anilines is 1. The third-order valence-electron chi connectivity index (χ3n) is 5.06. The number of fused-ring (bicyclic) bond motifs is 3. The predicted molar refractivity (Wildman–Crippen MR) is 106 cm³/mol. The smallest absolute Gasteiger partial charge is 0.411 e. The van der Waals surface area contributed by atoms with Crippen molar-refractivity contribution < 1.29 is 28.2 Å². The number of carboxylic acids is 1. The molecule has 3 aromatic carbocycles. The van der Waals surface area contributed by atoms with Crippen LogP contribution in [0.2, 0.25) is 0 Å². The van der Waals surface area contributed by atoms with Crippen LogP contribution < -0.4 is 5.32 Å². The maximum atomic E-state index is 14.0. The topological polar surface area (TPSA) is 75.6 Å². The van der Waals surface area contributed by atoms with Gasteiger partial charge >= 0.3 is 12.1 Å². The highest BCUT2D eigenvalue weighted by atomic mass is 19.1. The Labute approximate surface area is 170 Å². The van der Waals surface area contributed by atoms with Crippen molar-refractivity contribution in [2.24, 2.45) is 0 Å². The Balaban J connectivity index is 1.47. The summed E-state index contributed by atoms with van der Waals surface area (Å²) in [7, 11) is 0. The van der Waals surface area contributed by atoms with E-state index in [1.54, 1.807) is 0 Å². The van der Waals surface area contributed by atoms with Gasteiger partial charge in [0.1, 0.15) is 18.2 Å². The number of amides is 1. The second-order valence-corrected chi connectivity index (χ2v) is 6.94. The van der Waals surface area contributed by atoms with Crippen LogP contribution in [0.4, 0.5) is 19.3 Å². The molecule has 0 atom stereocenters. The number of benzene rings is 3. The average molecular weight is 409 g/mol. The molecule has 0 radical (unpaired) electrons. The van der Waals surface area contributed by atoms with Crippen LogP contribution in [0.5, 0.6) is 0 Å². The van der Waals surface area contributed by atoms with E-state index < -0.39 is 35.7 Å². The van der Waals surface area contributed by atoms with Crippen LogP contribution in [-0.2, 0) is 16.0 Å². The Morgan fingerprint density at radius 1 is 0.933 bits per heavy atom. The van der Waals surface area contributed by atoms with Crippen LogP contribution in [0.1, 0.15) is 22.6 Å². The Morgan fingerprint density at radius 2 is 1.47 bits per heavy atom. The average Bonchev–Trinajstić information content (AvgIpc) is 3.03. The maximum Gasteiger partial charge on any atom is 0.411 e. The molecule has 0 bridgehead atoms. The third-order valence-corrected chi connectivity index (χ3v) is 5.06. The molecule has 0 fully saturated rings. The molecular weight excluding hydrogens is 392 g/mol. The molecule has 1 aliphatic carbocycles. The summed E-state index contributed by atoms with van der Waals surface area (Å²) in [6.45, 7) is 0.0575. The van der Waals surface area contributed by atoms with E-state index in [9.17, 15) is 18.4 Å². The van der Waals surface area contributed by atoms with Crippen LogP contribution in [0, 0.1) is 11.6 Å². The van der Waals surface area contributed by atoms with Gasteiger partial charge < -0.3 is 9.84 Å². The van der Waals surface area contributed by atoms with Crippen molar-refractivity contribution in [2.45, 2.75) is 12.3 Å². The van der Waals surface area contributed by atoms with Crippen molar-refractivity contribution in [2.75, 3.05) is 11.9 Å². The Morgan fingerprint density at radius 3 is 2.00 bits per heavy atom. The molecule has 0 saturated carbocycles. The minimum Gasteiger partial charge on any atom is -0.481 e. The zero-order valence-electron chi connectivity index (χ0n) is 15.7. The molecule has 4 rings (SSSR count). The second-order valence-electron chi connectivity index (χ2n) is 6.94. The third kappa shape index (κ3) is 3.74. The second kappa shape index (κ2) is 7.94. The fourth-order valence-corrected chi connectivity index (χ4v) is 3.75. The minimum atomic E-state index is -1.36. The molecule has 0 heterocycles. The van der Waals surface area contributed by atoms with Gasteiger partial charge in [0.15, 0.2) is 0 Å². The van der Waals surface area contributed by atoms with E-state index in [-0.39, 0.29) is 18.2 Å². The van der Waals surface area contributed by atoms with Gasteiger partial charge in [-0.3, -0.25) is 10.1 Å². The highest BCUT2D eigenvalue weighted by Crippen LogP contribution is 2.44. The first-order valence-electron chi connectivity index (χ1n) is 9.25. The number of carbonyl (C=O) groups excluding carboxylic acids is 1. The minimum absolute atomic E-state index is 0.0575. The maximum absolute atomic E-state index is 14.0. The largest absolute Gasteiger partial charge is 0.481 e. The van der Waals surface area contributed by atoms with Gasteiger partial charge in [-0.15, -0.1) is 0 Å². The van der Waals surface area contributed by atoms with Crippen LogP contribution in [0.3, 0.4) is 0 Å². The zero-order valence-corrected chi connectivity index (χ0v) is 15.7. The van der Waals surface area contributed by atoms with Crippen molar-refractivity contribution in [1.82, 2.24) is 0 Å². The first kappa shape index (κ1) is 19.6. The van der Waals surface area contributed by atoms with Gasteiger partial charge in [-0.05, 0) is 34.4 Å². The summed E-state index contributed by atoms with van der Waals surface area (Å²) in [6, 6.07) is 17.4. The van der Waals surface area contributed by atoms with Gasteiger partial charge in [0, 0.05) is 17.2 Å². The number of hydrogen-bond acceptors (Lipinski definition) is 3. The summed E-state index contributed by atoms with van der Waals surface area (Å²) in [5.41, 5.74) is 3.53. The van der Waals surface area contributed by atoms with E-state index in [0.29, 0.717) is 0 Å². The number of nitrogens with one attached hydrogen (secondary N) is 1. The molecule has 0 unspecified atom stereocenters. The molecule has 1 aliphatic rings. The monoisotopic (exact) mass is 409 g/mol. The van der Waals surface area contributed by atoms with E-state index in [1.165, 1.54) is 0 Å². The van der Waals surface area contributed by atoms with Gasteiger partial charge in [0.25, 0.3) is 0 Å². The summed E-state index contributed by atoms with van der Waals surface area (Å²) in [4.78, 5) is 22.9. The molecule has 30 heavy (non-hydrogen) atoms. The Bertz CT molecular complexity index is 1080. The van der Waals surface area contributed by atoms with Crippen LogP contribution in [0.15, 0.2) is 60.7 Å². The van der Waals surface area contributed by atoms with Crippen molar-refractivity contribution in [3.05, 3.63) is 89.0 Å². The molecule has 3 aromatic rings. The molecule has 0 aliphatic heterocycles. The van der Waals surface area contributed by atoms with Crippen LogP contribution >= 0.6 is 0 Å². The van der Waals surface area contributed by atoms with Gasteiger partial charge in [-0.25, -0.2) is 13.6 Å². The van der Waals surface area contributed by atoms with Crippen molar-refractivity contribution in [3.8, 4) is 11.1 Å². The number of carboxylic acid groups (broad SMARTS) is 1. The lowest BCUT2D eigenvalue weighted by Gasteiger charge is -2.15. The molecule has 152 valence electrons. The summed E-state index contributed by atoms with van der Waals surface area (Å²) in [5.74, 6) is -3.60. The predicted octanol–water partition coefficient (Wildman–Crippen LogP) is 4.95. The number of aliphatic carboxylic acids is 1. The summed E-state index contributed by atoms with van der Waals surface area (Å²) >= 11 is 0. The van der Waals surface area contributed by atoms with E-state index in [0.717, 1.165) is 34.4 Å². The SMILES string of the molecule is O=C(O)Cc1c(F)cc(NC(=O)OCC2c3ccccc3-c3ccccc32)cc1F. The fourth-order valence-electron chi connectivity index (χ4n) is 3.75. The first-order chi connectivity index (χ1) is 14.4. The molecular formula is C23H17F2NO4. The van der Waals surface area contributed by atoms with Crippen LogP contribution in [-0.4, -0.2) is 23.8 Å². The van der Waals surface area contributed by atoms with E-state index in [2.05, 4.69) is 5.32 Å². The lowest BCUT2D eigenvalue weighted by atomic mass is 9.98. The van der Waals surface area contributed by atoms with Gasteiger partial charge in [-0.2, -0.15) is 0 Å². The van der Waals surface area contributed by atoms with Crippen molar-refractivity contribution in [3.63, 3.8) is 0 Å². The lowest BCUT2D eigenvalue weighted by Crippen LogP contribution is -2.18. The zero-order chi connectivity index (χ0) is 21.3. The van der Waals surface area contributed by atoms with Gasteiger partial charge in [-0.1, -0.05) is 48.5 Å². The van der Waals surface area contributed by atoms with Gasteiger partial charge in [0.2, 0.25) is 0 Å². The fraction of sp³-hybridized carbons (Fsp3) is 0.130. The molecule has 0 spiro atoms. The molecule has 0 saturated heterocycles. The first-order valence-corrected chi connectivity index (χ1v) is 9.25. The highest BCUT2D eigenvalue weighted by molar-refractivity contribution is 5.85. The summed E-state index contributed by atoms with van der Waals surface area (Å²) in [6.07, 6.45) is -1.65. The standard InChI is InChI=1S/C23H17F2NO4/c24-20-9-13(10-21(25)18(20)11-22(27)28)26-23(29)30-12-19-16-7-3-1-5-14(16)15-6-2-4-8-17(15)19/h1-10,19H,11-12H2,(H,26,29)(H,27,28). The number of ether oxygens (including phenoxy) is 1. The van der Waals surface area contributed by atoms with E-state index in [4.69, 9.17) is 9.84 Å². The number of carbonyl (C=O) groups is 2. The molecule has 1 amide bonds. The van der Waals surface area contributed by atoms with Crippen LogP contribution in [0.25, 0.3) is 11.1 Å². The molecule has 5 nitrogen and oxygen atoms in total. The highest BCUT2D eigenvalue weighted by Gasteiger charge is 2.29. The summed E-state index contributed by atoms with van der Waals surface area (Å²) in [5, 5.41) is 11.0. The van der Waals surface area contributed by atoms with E-state index in [1.807, 2.05) is 48.5 Å². The van der Waals surface area contributed by atoms with E-state index >= 15 is 0 Å². The van der Waals surface area contributed by atoms with Gasteiger partial charge in [0.05, 0.1) is 6.42 Å². The molecule has 7 heteroatoms. The Kier molecular flexibility index (Phi) is 5.18. The number of hydrogen-bond donors (Lipinski definition) is 2. The summed E-state index contributed by atoms with van der Waals surface area (Å²) < 4.78 is 33.3. The number of halogens is 2. The lowest BCUT2D eigenvalue weighted by molar-refractivity contribution is -0.136. The quantitative estimate of drug-likeness (QED) is 0.625. The van der Waals surface area contributed by atoms with Crippen molar-refractivity contribution >= 4 is 17.7 Å². The normalized spacial score (nSPS) is 12.2. The molecule has 0 aromatic heterocycles. The number of rotatable bonds is 5. The molecule has 2 N–H and O–H groups in total.